The van der Waals surface area contributed by atoms with Gasteiger partial charge in [-0.3, -0.25) is 0 Å². The van der Waals surface area contributed by atoms with Crippen LogP contribution in [0, 0.1) is 5.92 Å². The number of halogens is 1. The first kappa shape index (κ1) is 14.1. The topological polar surface area (TPSA) is 20.2 Å². The molecule has 0 saturated heterocycles. The Balaban J connectivity index is 2.31. The zero-order chi connectivity index (χ0) is 12.0. The molecule has 2 unspecified atom stereocenters. The second kappa shape index (κ2) is 7.36. The van der Waals surface area contributed by atoms with Gasteiger partial charge in [0.15, 0.2) is 0 Å². The molecule has 0 amide bonds. The van der Waals surface area contributed by atoms with Crippen molar-refractivity contribution in [2.24, 2.45) is 5.92 Å². The molecule has 0 fully saturated rings. The van der Waals surface area contributed by atoms with Crippen LogP contribution in [0.25, 0.3) is 0 Å². The summed E-state index contributed by atoms with van der Waals surface area (Å²) in [4.78, 5) is 1.21. The Bertz CT molecular complexity index is 299. The lowest BCUT2D eigenvalue weighted by molar-refractivity contribution is 0.167. The quantitative estimate of drug-likeness (QED) is 0.789. The molecule has 0 heterocycles. The lowest BCUT2D eigenvalue weighted by atomic mass is 10.0. The van der Waals surface area contributed by atoms with Crippen LogP contribution in [0.5, 0.6) is 0 Å². The van der Waals surface area contributed by atoms with Crippen molar-refractivity contribution in [3.05, 3.63) is 28.7 Å². The van der Waals surface area contributed by atoms with Crippen molar-refractivity contribution in [1.82, 2.24) is 0 Å². The molecule has 0 aliphatic heterocycles. The summed E-state index contributed by atoms with van der Waals surface area (Å²) in [5.74, 6) is 1.40. The van der Waals surface area contributed by atoms with Gasteiger partial charge in [0.1, 0.15) is 0 Å². The first-order valence-corrected chi connectivity index (χ1v) is 7.46. The zero-order valence-electron chi connectivity index (χ0n) is 9.82. The summed E-state index contributed by atoms with van der Waals surface area (Å²) in [6, 6.07) is 8.21. The number of benzene rings is 1. The number of aliphatic hydroxyl groups is 1. The molecule has 1 nitrogen and oxygen atoms in total. The van der Waals surface area contributed by atoms with Crippen LogP contribution in [0.15, 0.2) is 33.6 Å². The van der Waals surface area contributed by atoms with Crippen LogP contribution in [0.3, 0.4) is 0 Å². The molecule has 1 aromatic carbocycles. The predicted octanol–water partition coefficient (Wildman–Crippen LogP) is 4.34. The molecule has 90 valence electrons. The fourth-order valence-corrected chi connectivity index (χ4v) is 2.54. The first-order chi connectivity index (χ1) is 7.61. The monoisotopic (exact) mass is 302 g/mol. The molecule has 0 radical (unpaired) electrons. The molecule has 0 saturated carbocycles. The summed E-state index contributed by atoms with van der Waals surface area (Å²) in [7, 11) is 0. The summed E-state index contributed by atoms with van der Waals surface area (Å²) in [6.45, 7) is 4.35. The summed E-state index contributed by atoms with van der Waals surface area (Å²) in [6.07, 6.45) is 1.85. The molecule has 0 spiro atoms. The maximum Gasteiger partial charge on any atom is 0.0636 e. The van der Waals surface area contributed by atoms with E-state index in [-0.39, 0.29) is 6.10 Å². The second-order valence-electron chi connectivity index (χ2n) is 4.17. The highest BCUT2D eigenvalue weighted by Gasteiger charge is 2.09. The van der Waals surface area contributed by atoms with Crippen LogP contribution in [0.2, 0.25) is 0 Å². The predicted molar refractivity (Wildman–Crippen MR) is 74.9 cm³/mol. The van der Waals surface area contributed by atoms with E-state index < -0.39 is 0 Å². The molecular weight excluding hydrogens is 284 g/mol. The maximum absolute atomic E-state index is 9.84. The van der Waals surface area contributed by atoms with Crippen molar-refractivity contribution in [2.75, 3.05) is 5.75 Å². The van der Waals surface area contributed by atoms with Crippen molar-refractivity contribution in [1.29, 1.82) is 0 Å². The summed E-state index contributed by atoms with van der Waals surface area (Å²) in [5.41, 5.74) is 0. The Morgan fingerprint density at radius 1 is 1.31 bits per heavy atom. The first-order valence-electron chi connectivity index (χ1n) is 5.68. The largest absolute Gasteiger partial charge is 0.392 e. The van der Waals surface area contributed by atoms with Gasteiger partial charge in [-0.15, -0.1) is 11.8 Å². The fourth-order valence-electron chi connectivity index (χ4n) is 1.42. The average Bonchev–Trinajstić information content (AvgIpc) is 2.28. The van der Waals surface area contributed by atoms with Gasteiger partial charge < -0.3 is 5.11 Å². The van der Waals surface area contributed by atoms with E-state index in [9.17, 15) is 5.11 Å². The highest BCUT2D eigenvalue weighted by atomic mass is 79.9. The van der Waals surface area contributed by atoms with E-state index in [4.69, 9.17) is 0 Å². The summed E-state index contributed by atoms with van der Waals surface area (Å²) >= 11 is 5.13. The maximum atomic E-state index is 9.84. The van der Waals surface area contributed by atoms with E-state index in [1.807, 2.05) is 12.1 Å². The van der Waals surface area contributed by atoms with Gasteiger partial charge in [-0.25, -0.2) is 0 Å². The fraction of sp³-hybridized carbons (Fsp3) is 0.538. The number of hydrogen-bond acceptors (Lipinski definition) is 2. The summed E-state index contributed by atoms with van der Waals surface area (Å²) in [5, 5.41) is 9.84. The SMILES string of the molecule is CCC(C)CC(O)CSc1ccc(Br)cc1. The van der Waals surface area contributed by atoms with E-state index >= 15 is 0 Å². The minimum absolute atomic E-state index is 0.191. The van der Waals surface area contributed by atoms with Gasteiger partial charge >= 0.3 is 0 Å². The Hall–Kier alpha value is 0.01000. The number of aliphatic hydroxyl groups excluding tert-OH is 1. The smallest absolute Gasteiger partial charge is 0.0636 e. The van der Waals surface area contributed by atoms with Crippen molar-refractivity contribution in [3.63, 3.8) is 0 Å². The number of hydrogen-bond donors (Lipinski definition) is 1. The second-order valence-corrected chi connectivity index (χ2v) is 6.18. The van der Waals surface area contributed by atoms with Gasteiger partial charge in [0.25, 0.3) is 0 Å². The average molecular weight is 303 g/mol. The van der Waals surface area contributed by atoms with E-state index in [0.29, 0.717) is 5.92 Å². The molecule has 2 atom stereocenters. The van der Waals surface area contributed by atoms with Crippen LogP contribution in [0.4, 0.5) is 0 Å². The van der Waals surface area contributed by atoms with E-state index in [1.165, 1.54) is 4.90 Å². The van der Waals surface area contributed by atoms with Gasteiger partial charge in [-0.1, -0.05) is 36.2 Å². The number of rotatable bonds is 6. The molecule has 16 heavy (non-hydrogen) atoms. The molecule has 0 aliphatic rings. The van der Waals surface area contributed by atoms with Gasteiger partial charge in [-0.2, -0.15) is 0 Å². The number of thioether (sulfide) groups is 1. The Kier molecular flexibility index (Phi) is 6.47. The highest BCUT2D eigenvalue weighted by molar-refractivity contribution is 9.10. The molecule has 3 heteroatoms. The van der Waals surface area contributed by atoms with E-state index in [2.05, 4.69) is 41.9 Å². The van der Waals surface area contributed by atoms with Gasteiger partial charge in [0.2, 0.25) is 0 Å². The molecule has 0 aliphatic carbocycles. The Labute approximate surface area is 111 Å². The van der Waals surface area contributed by atoms with Crippen LogP contribution in [0.1, 0.15) is 26.7 Å². The highest BCUT2D eigenvalue weighted by Crippen LogP contribution is 2.23. The minimum Gasteiger partial charge on any atom is -0.392 e. The normalized spacial score (nSPS) is 14.8. The molecular formula is C13H19BrOS. The molecule has 1 N–H and O–H groups in total. The van der Waals surface area contributed by atoms with Crippen molar-refractivity contribution >= 4 is 27.7 Å². The Morgan fingerprint density at radius 2 is 1.94 bits per heavy atom. The minimum atomic E-state index is -0.191. The molecule has 0 bridgehead atoms. The Morgan fingerprint density at radius 3 is 2.50 bits per heavy atom. The van der Waals surface area contributed by atoms with E-state index in [1.54, 1.807) is 11.8 Å². The third-order valence-electron chi connectivity index (χ3n) is 2.63. The lowest BCUT2D eigenvalue weighted by Crippen LogP contribution is -2.13. The molecule has 0 aromatic heterocycles. The lowest BCUT2D eigenvalue weighted by Gasteiger charge is -2.14. The summed E-state index contributed by atoms with van der Waals surface area (Å²) < 4.78 is 1.09. The van der Waals surface area contributed by atoms with E-state index in [0.717, 1.165) is 23.1 Å². The van der Waals surface area contributed by atoms with Crippen molar-refractivity contribution in [2.45, 2.75) is 37.7 Å². The van der Waals surface area contributed by atoms with Gasteiger partial charge in [-0.05, 0) is 36.6 Å². The van der Waals surface area contributed by atoms with Crippen LogP contribution in [-0.4, -0.2) is 17.0 Å². The third kappa shape index (κ3) is 5.37. The van der Waals surface area contributed by atoms with Crippen molar-refractivity contribution < 1.29 is 5.11 Å². The van der Waals surface area contributed by atoms with Crippen LogP contribution in [-0.2, 0) is 0 Å². The zero-order valence-corrected chi connectivity index (χ0v) is 12.2. The third-order valence-corrected chi connectivity index (χ3v) is 4.31. The van der Waals surface area contributed by atoms with Crippen LogP contribution >= 0.6 is 27.7 Å². The molecule has 1 rings (SSSR count). The van der Waals surface area contributed by atoms with Crippen molar-refractivity contribution in [3.8, 4) is 0 Å². The standard InChI is InChI=1S/C13H19BrOS/c1-3-10(2)8-12(15)9-16-13-6-4-11(14)5-7-13/h4-7,10,12,15H,3,8-9H2,1-2H3. The van der Waals surface area contributed by atoms with Gasteiger partial charge in [0.05, 0.1) is 6.10 Å². The van der Waals surface area contributed by atoms with Crippen LogP contribution < -0.4 is 0 Å². The molecule has 1 aromatic rings. The van der Waals surface area contributed by atoms with Gasteiger partial charge in [0, 0.05) is 15.1 Å².